The van der Waals surface area contributed by atoms with Crippen LogP contribution < -0.4 is 10.6 Å². The Kier molecular flexibility index (Phi) is 4.14. The van der Waals surface area contributed by atoms with E-state index in [0.29, 0.717) is 11.6 Å². The van der Waals surface area contributed by atoms with Crippen molar-refractivity contribution in [2.45, 2.75) is 18.9 Å². The van der Waals surface area contributed by atoms with Crippen molar-refractivity contribution in [3.05, 3.63) is 29.6 Å². The molecule has 0 spiro atoms. The van der Waals surface area contributed by atoms with Crippen LogP contribution in [0.15, 0.2) is 18.2 Å². The van der Waals surface area contributed by atoms with Crippen LogP contribution in [0.2, 0.25) is 0 Å². The molecule has 0 bridgehead atoms. The van der Waals surface area contributed by atoms with Gasteiger partial charge in [0.05, 0.1) is 0 Å². The van der Waals surface area contributed by atoms with E-state index in [4.69, 9.17) is 22.7 Å². The Hall–Kier alpha value is -1.20. The zero-order valence-electron chi connectivity index (χ0n) is 10.4. The molecule has 1 saturated heterocycles. The number of nitrogens with zero attached hydrogens (tertiary/aromatic N) is 1. The molecule has 98 valence electrons. The first-order valence-electron chi connectivity index (χ1n) is 5.99. The molecule has 2 rings (SSSR count). The highest BCUT2D eigenvalue weighted by Crippen LogP contribution is 2.25. The van der Waals surface area contributed by atoms with Crippen LogP contribution in [0.5, 0.6) is 0 Å². The molecule has 1 aromatic rings. The van der Waals surface area contributed by atoms with E-state index >= 15 is 0 Å². The fourth-order valence-electron chi connectivity index (χ4n) is 2.28. The molecular formula is C13H17FN2OS. The largest absolute Gasteiger partial charge is 0.389 e. The molecule has 0 aromatic heterocycles. The van der Waals surface area contributed by atoms with Crippen LogP contribution in [-0.4, -0.2) is 31.3 Å². The average Bonchev–Trinajstić information content (AvgIpc) is 2.39. The normalized spacial score (nSPS) is 16.6. The molecule has 0 amide bonds. The minimum absolute atomic E-state index is 0.225. The van der Waals surface area contributed by atoms with Crippen molar-refractivity contribution >= 4 is 22.9 Å². The molecule has 1 aliphatic heterocycles. The molecule has 0 aliphatic carbocycles. The van der Waals surface area contributed by atoms with E-state index in [2.05, 4.69) is 4.90 Å². The van der Waals surface area contributed by atoms with E-state index in [0.717, 1.165) is 31.7 Å². The number of anilines is 1. The maximum Gasteiger partial charge on any atom is 0.124 e. The van der Waals surface area contributed by atoms with Gasteiger partial charge in [0.2, 0.25) is 0 Å². The molecule has 1 aromatic carbocycles. The van der Waals surface area contributed by atoms with Gasteiger partial charge in [-0.05, 0) is 31.0 Å². The van der Waals surface area contributed by atoms with Gasteiger partial charge in [0.1, 0.15) is 10.8 Å². The lowest BCUT2D eigenvalue weighted by atomic mass is 10.0. The molecule has 5 heteroatoms. The monoisotopic (exact) mass is 268 g/mol. The highest BCUT2D eigenvalue weighted by molar-refractivity contribution is 7.80. The lowest BCUT2D eigenvalue weighted by molar-refractivity contribution is 0.0855. The topological polar surface area (TPSA) is 38.5 Å². The number of hydrogen-bond donors (Lipinski definition) is 1. The van der Waals surface area contributed by atoms with Gasteiger partial charge >= 0.3 is 0 Å². The summed E-state index contributed by atoms with van der Waals surface area (Å²) in [7, 11) is 1.99. The molecule has 0 radical (unpaired) electrons. The summed E-state index contributed by atoms with van der Waals surface area (Å²) in [6, 6.07) is 4.96. The maximum absolute atomic E-state index is 13.3. The first-order chi connectivity index (χ1) is 8.59. The first kappa shape index (κ1) is 13.2. The summed E-state index contributed by atoms with van der Waals surface area (Å²) >= 11 is 4.99. The quantitative estimate of drug-likeness (QED) is 0.852. The van der Waals surface area contributed by atoms with Crippen LogP contribution in [0.1, 0.15) is 18.4 Å². The molecule has 2 N–H and O–H groups in total. The van der Waals surface area contributed by atoms with E-state index in [1.165, 1.54) is 12.1 Å². The van der Waals surface area contributed by atoms with Crippen LogP contribution in [0, 0.1) is 5.82 Å². The molecule has 1 aliphatic rings. The van der Waals surface area contributed by atoms with Crippen molar-refractivity contribution in [1.82, 2.24) is 0 Å². The van der Waals surface area contributed by atoms with Gasteiger partial charge in [0.15, 0.2) is 0 Å². The van der Waals surface area contributed by atoms with Crippen molar-refractivity contribution in [3.63, 3.8) is 0 Å². The van der Waals surface area contributed by atoms with Gasteiger partial charge in [-0.15, -0.1) is 0 Å². The second kappa shape index (κ2) is 5.63. The summed E-state index contributed by atoms with van der Waals surface area (Å²) < 4.78 is 18.6. The molecule has 18 heavy (non-hydrogen) atoms. The Labute approximate surface area is 112 Å². The molecule has 1 fully saturated rings. The van der Waals surface area contributed by atoms with E-state index in [1.54, 1.807) is 6.07 Å². The zero-order chi connectivity index (χ0) is 13.1. The lowest BCUT2D eigenvalue weighted by Crippen LogP contribution is -2.37. The van der Waals surface area contributed by atoms with Crippen LogP contribution in [-0.2, 0) is 4.74 Å². The second-order valence-corrected chi connectivity index (χ2v) is 4.92. The summed E-state index contributed by atoms with van der Waals surface area (Å²) in [5.41, 5.74) is 7.15. The maximum atomic E-state index is 13.3. The molecule has 0 atom stereocenters. The predicted octanol–water partition coefficient (Wildman–Crippen LogP) is 2.08. The molecule has 0 saturated carbocycles. The van der Waals surface area contributed by atoms with Gasteiger partial charge in [-0.1, -0.05) is 12.2 Å². The summed E-state index contributed by atoms with van der Waals surface area (Å²) in [5.74, 6) is -0.318. The third-order valence-electron chi connectivity index (χ3n) is 3.34. The Morgan fingerprint density at radius 3 is 2.72 bits per heavy atom. The summed E-state index contributed by atoms with van der Waals surface area (Å²) in [4.78, 5) is 2.35. The number of halogens is 1. The first-order valence-corrected chi connectivity index (χ1v) is 6.40. The minimum atomic E-state index is -0.318. The van der Waals surface area contributed by atoms with Crippen LogP contribution >= 0.6 is 12.2 Å². The smallest absolute Gasteiger partial charge is 0.124 e. The van der Waals surface area contributed by atoms with E-state index in [-0.39, 0.29) is 10.8 Å². The van der Waals surface area contributed by atoms with Gasteiger partial charge in [-0.2, -0.15) is 0 Å². The third kappa shape index (κ3) is 2.79. The van der Waals surface area contributed by atoms with E-state index in [1.807, 2.05) is 7.05 Å². The van der Waals surface area contributed by atoms with E-state index in [9.17, 15) is 4.39 Å². The summed E-state index contributed by atoms with van der Waals surface area (Å²) in [6.07, 6.45) is 1.93. The third-order valence-corrected chi connectivity index (χ3v) is 3.56. The molecule has 3 nitrogen and oxygen atoms in total. The highest BCUT2D eigenvalue weighted by atomic mass is 32.1. The van der Waals surface area contributed by atoms with Crippen LogP contribution in [0.3, 0.4) is 0 Å². The average molecular weight is 268 g/mol. The van der Waals surface area contributed by atoms with Gasteiger partial charge in [-0.3, -0.25) is 0 Å². The van der Waals surface area contributed by atoms with Crippen molar-refractivity contribution in [1.29, 1.82) is 0 Å². The lowest BCUT2D eigenvalue weighted by Gasteiger charge is -2.34. The van der Waals surface area contributed by atoms with E-state index < -0.39 is 0 Å². The molecule has 1 heterocycles. The van der Waals surface area contributed by atoms with Gasteiger partial charge in [-0.25, -0.2) is 4.39 Å². The van der Waals surface area contributed by atoms with Crippen LogP contribution in [0.4, 0.5) is 10.1 Å². The SMILES string of the molecule is CN(c1ccc(F)cc1C(N)=S)C1CCOCC1. The number of thiocarbonyl (C=S) groups is 1. The number of rotatable bonds is 3. The number of ether oxygens (including phenoxy) is 1. The minimum Gasteiger partial charge on any atom is -0.389 e. The molecule has 0 unspecified atom stereocenters. The Morgan fingerprint density at radius 1 is 1.44 bits per heavy atom. The summed E-state index contributed by atoms with van der Waals surface area (Å²) in [5, 5.41) is 0. The van der Waals surface area contributed by atoms with Crippen molar-refractivity contribution in [2.24, 2.45) is 5.73 Å². The van der Waals surface area contributed by atoms with Gasteiger partial charge < -0.3 is 15.4 Å². The van der Waals surface area contributed by atoms with Crippen molar-refractivity contribution in [2.75, 3.05) is 25.2 Å². The van der Waals surface area contributed by atoms with Gasteiger partial charge in [0.25, 0.3) is 0 Å². The number of benzene rings is 1. The highest BCUT2D eigenvalue weighted by Gasteiger charge is 2.21. The number of hydrogen-bond acceptors (Lipinski definition) is 3. The fraction of sp³-hybridized carbons (Fsp3) is 0.462. The fourth-order valence-corrected chi connectivity index (χ4v) is 2.45. The Bertz CT molecular complexity index is 447. The second-order valence-electron chi connectivity index (χ2n) is 4.48. The standard InChI is InChI=1S/C13H17FN2OS/c1-16(10-4-6-17-7-5-10)12-3-2-9(14)8-11(12)13(15)18/h2-3,8,10H,4-7H2,1H3,(H2,15,18). The summed E-state index contributed by atoms with van der Waals surface area (Å²) in [6.45, 7) is 1.53. The zero-order valence-corrected chi connectivity index (χ0v) is 11.2. The number of nitrogens with two attached hydrogens (primary N) is 1. The Morgan fingerprint density at radius 2 is 2.11 bits per heavy atom. The van der Waals surface area contributed by atoms with Crippen molar-refractivity contribution < 1.29 is 9.13 Å². The van der Waals surface area contributed by atoms with Crippen LogP contribution in [0.25, 0.3) is 0 Å². The Balaban J connectivity index is 2.28. The van der Waals surface area contributed by atoms with Crippen molar-refractivity contribution in [3.8, 4) is 0 Å². The molecular weight excluding hydrogens is 251 g/mol. The predicted molar refractivity (Wildman–Crippen MR) is 74.5 cm³/mol. The van der Waals surface area contributed by atoms with Gasteiger partial charge in [0, 0.05) is 37.6 Å².